The number of nitrogens with zero attached hydrogens (tertiary/aromatic N) is 2. The van der Waals surface area contributed by atoms with E-state index in [-0.39, 0.29) is 0 Å². The minimum atomic E-state index is 0.539. The Morgan fingerprint density at radius 1 is 1.15 bits per heavy atom. The molecule has 0 spiro atoms. The highest BCUT2D eigenvalue weighted by Crippen LogP contribution is 2.29. The van der Waals surface area contributed by atoms with Crippen molar-refractivity contribution < 1.29 is 0 Å². The summed E-state index contributed by atoms with van der Waals surface area (Å²) in [7, 11) is 0. The van der Waals surface area contributed by atoms with Gasteiger partial charge in [0.15, 0.2) is 0 Å². The number of hydrogen-bond acceptors (Lipinski definition) is 4. The standard InChI is InChI=1S/C16H20N4/c1-11-18-10-15(12-6-8-13(17)9-7-12)16(19-11)20-14-4-2-3-5-14/h6-10,14H,2-5,17H2,1H3,(H,18,19,20). The quantitative estimate of drug-likeness (QED) is 0.837. The van der Waals surface area contributed by atoms with Gasteiger partial charge in [0.25, 0.3) is 0 Å². The molecule has 1 aliphatic rings. The fourth-order valence-corrected chi connectivity index (χ4v) is 2.72. The molecule has 1 saturated carbocycles. The van der Waals surface area contributed by atoms with Crippen LogP contribution in [0.1, 0.15) is 31.5 Å². The molecule has 4 heteroatoms. The maximum absolute atomic E-state index is 5.75. The zero-order valence-corrected chi connectivity index (χ0v) is 11.8. The summed E-state index contributed by atoms with van der Waals surface area (Å²) >= 11 is 0. The Balaban J connectivity index is 1.94. The number of nitrogens with two attached hydrogens (primary N) is 1. The number of aryl methyl sites for hydroxylation is 1. The van der Waals surface area contributed by atoms with Gasteiger partial charge in [0.05, 0.1) is 0 Å². The van der Waals surface area contributed by atoms with Crippen molar-refractivity contribution >= 4 is 11.5 Å². The molecule has 3 N–H and O–H groups in total. The first-order chi connectivity index (χ1) is 9.72. The molecule has 0 unspecified atom stereocenters. The lowest BCUT2D eigenvalue weighted by molar-refractivity contribution is 0.749. The fourth-order valence-electron chi connectivity index (χ4n) is 2.72. The van der Waals surface area contributed by atoms with Crippen molar-refractivity contribution in [1.29, 1.82) is 0 Å². The third-order valence-corrected chi connectivity index (χ3v) is 3.83. The summed E-state index contributed by atoms with van der Waals surface area (Å²) < 4.78 is 0. The maximum atomic E-state index is 5.75. The molecular formula is C16H20N4. The first-order valence-corrected chi connectivity index (χ1v) is 7.18. The van der Waals surface area contributed by atoms with Gasteiger partial charge in [0.2, 0.25) is 0 Å². The molecule has 0 radical (unpaired) electrons. The molecule has 4 nitrogen and oxygen atoms in total. The van der Waals surface area contributed by atoms with Crippen LogP contribution in [0.15, 0.2) is 30.5 Å². The van der Waals surface area contributed by atoms with Gasteiger partial charge < -0.3 is 11.1 Å². The number of hydrogen-bond donors (Lipinski definition) is 2. The summed E-state index contributed by atoms with van der Waals surface area (Å²) in [5.41, 5.74) is 8.66. The molecule has 1 heterocycles. The van der Waals surface area contributed by atoms with Gasteiger partial charge in [-0.05, 0) is 37.5 Å². The molecule has 0 amide bonds. The Kier molecular flexibility index (Phi) is 3.54. The van der Waals surface area contributed by atoms with E-state index in [1.54, 1.807) is 0 Å². The van der Waals surface area contributed by atoms with Gasteiger partial charge in [0, 0.05) is 23.5 Å². The topological polar surface area (TPSA) is 63.8 Å². The van der Waals surface area contributed by atoms with Crippen LogP contribution in [0.5, 0.6) is 0 Å². The molecule has 20 heavy (non-hydrogen) atoms. The minimum Gasteiger partial charge on any atom is -0.399 e. The van der Waals surface area contributed by atoms with Gasteiger partial charge in [0.1, 0.15) is 11.6 Å². The van der Waals surface area contributed by atoms with E-state index in [0.717, 1.165) is 28.5 Å². The lowest BCUT2D eigenvalue weighted by atomic mass is 10.1. The molecule has 1 aromatic carbocycles. The van der Waals surface area contributed by atoms with Crippen LogP contribution in [0.3, 0.4) is 0 Å². The monoisotopic (exact) mass is 268 g/mol. The highest BCUT2D eigenvalue weighted by Gasteiger charge is 2.17. The third-order valence-electron chi connectivity index (χ3n) is 3.83. The first-order valence-electron chi connectivity index (χ1n) is 7.18. The SMILES string of the molecule is Cc1ncc(-c2ccc(N)cc2)c(NC2CCCC2)n1. The van der Waals surface area contributed by atoms with E-state index in [9.17, 15) is 0 Å². The van der Waals surface area contributed by atoms with Crippen molar-refractivity contribution in [3.63, 3.8) is 0 Å². The largest absolute Gasteiger partial charge is 0.399 e. The van der Waals surface area contributed by atoms with Gasteiger partial charge in [-0.3, -0.25) is 0 Å². The highest BCUT2D eigenvalue weighted by atomic mass is 15.1. The summed E-state index contributed by atoms with van der Waals surface area (Å²) in [6.45, 7) is 1.92. The van der Waals surface area contributed by atoms with E-state index in [2.05, 4.69) is 15.3 Å². The summed E-state index contributed by atoms with van der Waals surface area (Å²) in [5, 5.41) is 3.58. The maximum Gasteiger partial charge on any atom is 0.137 e. The van der Waals surface area contributed by atoms with Crippen LogP contribution in [0.4, 0.5) is 11.5 Å². The second-order valence-electron chi connectivity index (χ2n) is 5.43. The van der Waals surface area contributed by atoms with Crippen molar-refractivity contribution in [2.75, 3.05) is 11.1 Å². The van der Waals surface area contributed by atoms with E-state index in [4.69, 9.17) is 5.73 Å². The Hall–Kier alpha value is -2.10. The van der Waals surface area contributed by atoms with Crippen LogP contribution in [-0.4, -0.2) is 16.0 Å². The van der Waals surface area contributed by atoms with Gasteiger partial charge >= 0.3 is 0 Å². The van der Waals surface area contributed by atoms with Crippen molar-refractivity contribution in [2.24, 2.45) is 0 Å². The number of nitrogens with one attached hydrogen (secondary N) is 1. The fraction of sp³-hybridized carbons (Fsp3) is 0.375. The second-order valence-corrected chi connectivity index (χ2v) is 5.43. The first kappa shape index (κ1) is 12.9. The Labute approximate surface area is 119 Å². The van der Waals surface area contributed by atoms with Crippen molar-refractivity contribution in [2.45, 2.75) is 38.6 Å². The van der Waals surface area contributed by atoms with Crippen LogP contribution >= 0.6 is 0 Å². The number of nitrogen functional groups attached to an aromatic ring is 1. The van der Waals surface area contributed by atoms with E-state index in [0.29, 0.717) is 6.04 Å². The third kappa shape index (κ3) is 2.74. The molecule has 1 fully saturated rings. The number of benzene rings is 1. The lowest BCUT2D eigenvalue weighted by Gasteiger charge is -2.16. The average molecular weight is 268 g/mol. The van der Waals surface area contributed by atoms with E-state index in [1.165, 1.54) is 25.7 Å². The average Bonchev–Trinajstić information content (AvgIpc) is 2.93. The Morgan fingerprint density at radius 3 is 2.55 bits per heavy atom. The number of aromatic nitrogens is 2. The molecule has 1 aliphatic carbocycles. The van der Waals surface area contributed by atoms with Crippen molar-refractivity contribution in [1.82, 2.24) is 9.97 Å². The summed E-state index contributed by atoms with van der Waals surface area (Å²) in [4.78, 5) is 8.91. The molecule has 0 bridgehead atoms. The van der Waals surface area contributed by atoms with E-state index >= 15 is 0 Å². The second kappa shape index (κ2) is 5.49. The van der Waals surface area contributed by atoms with E-state index < -0.39 is 0 Å². The van der Waals surface area contributed by atoms with Crippen LogP contribution < -0.4 is 11.1 Å². The molecule has 0 saturated heterocycles. The zero-order valence-electron chi connectivity index (χ0n) is 11.8. The normalized spacial score (nSPS) is 15.4. The van der Waals surface area contributed by atoms with Crippen LogP contribution in [-0.2, 0) is 0 Å². The minimum absolute atomic E-state index is 0.539. The number of anilines is 2. The molecule has 0 atom stereocenters. The van der Waals surface area contributed by atoms with E-state index in [1.807, 2.05) is 37.4 Å². The summed E-state index contributed by atoms with van der Waals surface area (Å²) in [6.07, 6.45) is 6.96. The molecule has 104 valence electrons. The lowest BCUT2D eigenvalue weighted by Crippen LogP contribution is -2.16. The Bertz CT molecular complexity index is 586. The number of rotatable bonds is 3. The van der Waals surface area contributed by atoms with Crippen LogP contribution in [0.25, 0.3) is 11.1 Å². The Morgan fingerprint density at radius 2 is 1.85 bits per heavy atom. The van der Waals surface area contributed by atoms with Crippen LogP contribution in [0, 0.1) is 6.92 Å². The highest BCUT2D eigenvalue weighted by molar-refractivity contribution is 5.75. The predicted molar refractivity (Wildman–Crippen MR) is 82.5 cm³/mol. The molecular weight excluding hydrogens is 248 g/mol. The summed E-state index contributed by atoms with van der Waals surface area (Å²) in [6, 6.07) is 8.40. The van der Waals surface area contributed by atoms with Gasteiger partial charge in [-0.25, -0.2) is 9.97 Å². The molecule has 3 rings (SSSR count). The zero-order chi connectivity index (χ0) is 13.9. The van der Waals surface area contributed by atoms with Crippen molar-refractivity contribution in [3.05, 3.63) is 36.3 Å². The van der Waals surface area contributed by atoms with Gasteiger partial charge in [-0.2, -0.15) is 0 Å². The van der Waals surface area contributed by atoms with Crippen LogP contribution in [0.2, 0.25) is 0 Å². The summed E-state index contributed by atoms with van der Waals surface area (Å²) in [5.74, 6) is 1.74. The predicted octanol–water partition coefficient (Wildman–Crippen LogP) is 3.39. The van der Waals surface area contributed by atoms with Crippen molar-refractivity contribution in [3.8, 4) is 11.1 Å². The molecule has 2 aromatic rings. The smallest absolute Gasteiger partial charge is 0.137 e. The molecule has 0 aliphatic heterocycles. The molecule has 1 aromatic heterocycles. The van der Waals surface area contributed by atoms with Gasteiger partial charge in [-0.1, -0.05) is 25.0 Å². The van der Waals surface area contributed by atoms with Gasteiger partial charge in [-0.15, -0.1) is 0 Å².